The van der Waals surface area contributed by atoms with E-state index in [1.807, 2.05) is 42.8 Å². The quantitative estimate of drug-likeness (QED) is 0.801. The maximum Gasteiger partial charge on any atom is 0.245 e. The van der Waals surface area contributed by atoms with E-state index in [1.54, 1.807) is 4.31 Å². The van der Waals surface area contributed by atoms with Gasteiger partial charge in [0, 0.05) is 55.9 Å². The molecule has 24 heavy (non-hydrogen) atoms. The van der Waals surface area contributed by atoms with Crippen molar-refractivity contribution in [3.63, 3.8) is 0 Å². The smallest absolute Gasteiger partial charge is 0.245 e. The molecule has 0 spiro atoms. The van der Waals surface area contributed by atoms with E-state index in [0.29, 0.717) is 24.0 Å². The van der Waals surface area contributed by atoms with Gasteiger partial charge in [-0.15, -0.1) is 0 Å². The lowest BCUT2D eigenvalue weighted by Crippen LogP contribution is -2.37. The van der Waals surface area contributed by atoms with E-state index >= 15 is 0 Å². The fraction of sp³-hybridized carbons (Fsp3) is 0.444. The molecule has 1 saturated heterocycles. The van der Waals surface area contributed by atoms with Crippen molar-refractivity contribution in [1.29, 1.82) is 0 Å². The molecular formula is C18H23N3O2S. The van der Waals surface area contributed by atoms with Gasteiger partial charge in [0.15, 0.2) is 0 Å². The molecule has 0 aliphatic carbocycles. The summed E-state index contributed by atoms with van der Waals surface area (Å²) in [6, 6.07) is 8.07. The molecule has 0 bridgehead atoms. The summed E-state index contributed by atoms with van der Waals surface area (Å²) >= 11 is 0. The van der Waals surface area contributed by atoms with E-state index in [9.17, 15) is 8.42 Å². The van der Waals surface area contributed by atoms with Crippen LogP contribution in [-0.4, -0.2) is 54.4 Å². The first-order valence-electron chi connectivity index (χ1n) is 8.43. The Morgan fingerprint density at radius 1 is 1.12 bits per heavy atom. The van der Waals surface area contributed by atoms with Crippen molar-refractivity contribution in [1.82, 2.24) is 13.8 Å². The van der Waals surface area contributed by atoms with Gasteiger partial charge in [0.2, 0.25) is 10.0 Å². The van der Waals surface area contributed by atoms with Crippen LogP contribution < -0.4 is 0 Å². The first-order chi connectivity index (χ1) is 11.5. The summed E-state index contributed by atoms with van der Waals surface area (Å²) in [4.78, 5) is 2.83. The number of aryl methyl sites for hydroxylation is 1. The number of hydrogen-bond acceptors (Lipinski definition) is 3. The number of benzene rings is 1. The Balaban J connectivity index is 1.70. The van der Waals surface area contributed by atoms with Crippen LogP contribution in [0.1, 0.15) is 12.1 Å². The third-order valence-corrected chi connectivity index (χ3v) is 7.47. The predicted octanol–water partition coefficient (Wildman–Crippen LogP) is 2.12. The van der Waals surface area contributed by atoms with Crippen LogP contribution in [-0.2, 0) is 17.1 Å². The Hall–Kier alpha value is -1.63. The van der Waals surface area contributed by atoms with Gasteiger partial charge in [0.05, 0.1) is 0 Å². The standard InChI is InChI=1S/C18H23N3O2S/c1-14-18(16-7-3-4-8-17(16)19(14)2)24(22,23)21-12-9-15(13-21)20-10-5-6-11-20/h3-8,15H,9-13H2,1-2H3/t15-/m1/s1. The van der Waals surface area contributed by atoms with Crippen LogP contribution >= 0.6 is 0 Å². The molecule has 4 rings (SSSR count). The van der Waals surface area contributed by atoms with Crippen molar-refractivity contribution in [3.05, 3.63) is 42.1 Å². The van der Waals surface area contributed by atoms with Gasteiger partial charge in [-0.2, -0.15) is 4.31 Å². The highest BCUT2D eigenvalue weighted by atomic mass is 32.2. The first-order valence-corrected chi connectivity index (χ1v) is 9.87. The summed E-state index contributed by atoms with van der Waals surface area (Å²) < 4.78 is 30.3. The summed E-state index contributed by atoms with van der Waals surface area (Å²) in [5, 5.41) is 0.823. The average Bonchev–Trinajstić information content (AvgIpc) is 3.28. The largest absolute Gasteiger partial charge is 0.347 e. The predicted molar refractivity (Wildman–Crippen MR) is 95.5 cm³/mol. The third kappa shape index (κ3) is 2.32. The minimum atomic E-state index is -3.47. The lowest BCUT2D eigenvalue weighted by molar-refractivity contribution is 0.261. The summed E-state index contributed by atoms with van der Waals surface area (Å²) in [5.74, 6) is 0. The maximum absolute atomic E-state index is 13.3. The second-order valence-corrected chi connectivity index (χ2v) is 8.60. The van der Waals surface area contributed by atoms with Crippen LogP contribution in [0.2, 0.25) is 0 Å². The van der Waals surface area contributed by atoms with E-state index in [-0.39, 0.29) is 0 Å². The zero-order chi connectivity index (χ0) is 16.9. The molecule has 128 valence electrons. The number of para-hydroxylation sites is 1. The Morgan fingerprint density at radius 2 is 1.83 bits per heavy atom. The minimum absolute atomic E-state index is 0.324. The van der Waals surface area contributed by atoms with Gasteiger partial charge in [-0.3, -0.25) is 4.90 Å². The van der Waals surface area contributed by atoms with E-state index in [2.05, 4.69) is 17.1 Å². The molecule has 1 aromatic heterocycles. The van der Waals surface area contributed by atoms with Crippen LogP contribution in [0.15, 0.2) is 41.3 Å². The van der Waals surface area contributed by atoms with Crippen LogP contribution in [0.5, 0.6) is 0 Å². The topological polar surface area (TPSA) is 45.6 Å². The number of fused-ring (bicyclic) bond motifs is 1. The molecule has 6 heteroatoms. The van der Waals surface area contributed by atoms with Crippen LogP contribution in [0.4, 0.5) is 0 Å². The summed E-state index contributed by atoms with van der Waals surface area (Å²) in [7, 11) is -1.54. The fourth-order valence-corrected chi connectivity index (χ4v) is 5.89. The van der Waals surface area contributed by atoms with Gasteiger partial charge < -0.3 is 4.57 Å². The summed E-state index contributed by atoms with van der Waals surface area (Å²) in [5.41, 5.74) is 1.77. The van der Waals surface area contributed by atoms with Crippen molar-refractivity contribution >= 4 is 20.9 Å². The molecule has 0 amide bonds. The number of hydrogen-bond donors (Lipinski definition) is 0. The molecule has 2 aromatic rings. The van der Waals surface area contributed by atoms with E-state index in [4.69, 9.17) is 0 Å². The lowest BCUT2D eigenvalue weighted by Gasteiger charge is -2.23. The molecule has 1 atom stereocenters. The third-order valence-electron chi connectivity index (χ3n) is 5.43. The Kier molecular flexibility index (Phi) is 3.78. The monoisotopic (exact) mass is 345 g/mol. The maximum atomic E-state index is 13.3. The zero-order valence-corrected chi connectivity index (χ0v) is 15.0. The molecule has 1 aromatic carbocycles. The van der Waals surface area contributed by atoms with Crippen LogP contribution in [0, 0.1) is 6.92 Å². The van der Waals surface area contributed by atoms with Crippen molar-refractivity contribution in [2.45, 2.75) is 24.3 Å². The molecule has 3 heterocycles. The van der Waals surface area contributed by atoms with Crippen molar-refractivity contribution in [3.8, 4) is 0 Å². The molecule has 0 unspecified atom stereocenters. The van der Waals surface area contributed by atoms with E-state index in [0.717, 1.165) is 36.1 Å². The van der Waals surface area contributed by atoms with Crippen molar-refractivity contribution < 1.29 is 8.42 Å². The molecule has 5 nitrogen and oxygen atoms in total. The number of aromatic nitrogens is 1. The van der Waals surface area contributed by atoms with Gasteiger partial charge in [0.25, 0.3) is 0 Å². The molecular weight excluding hydrogens is 322 g/mol. The zero-order valence-electron chi connectivity index (χ0n) is 14.1. The highest BCUT2D eigenvalue weighted by Gasteiger charge is 2.37. The van der Waals surface area contributed by atoms with Crippen LogP contribution in [0.25, 0.3) is 10.9 Å². The molecule has 0 N–H and O–H groups in total. The Labute approximate surface area is 143 Å². The minimum Gasteiger partial charge on any atom is -0.347 e. The average molecular weight is 345 g/mol. The second-order valence-electron chi connectivity index (χ2n) is 6.72. The summed E-state index contributed by atoms with van der Waals surface area (Å²) in [6.45, 7) is 4.96. The molecule has 0 saturated carbocycles. The van der Waals surface area contributed by atoms with Gasteiger partial charge in [-0.1, -0.05) is 30.4 Å². The van der Waals surface area contributed by atoms with Crippen LogP contribution in [0.3, 0.4) is 0 Å². The normalized spacial score (nSPS) is 22.8. The number of rotatable bonds is 3. The van der Waals surface area contributed by atoms with E-state index < -0.39 is 10.0 Å². The highest BCUT2D eigenvalue weighted by Crippen LogP contribution is 2.33. The van der Waals surface area contributed by atoms with E-state index in [1.165, 1.54) is 0 Å². The lowest BCUT2D eigenvalue weighted by atomic mass is 10.2. The Bertz CT molecular complexity index is 906. The van der Waals surface area contributed by atoms with Gasteiger partial charge in [-0.05, 0) is 19.4 Å². The SMILES string of the molecule is Cc1c(S(=O)(=O)N2CC[C@@H](N3CC=CC3)C2)c2ccccc2n1C. The van der Waals surface area contributed by atoms with Gasteiger partial charge >= 0.3 is 0 Å². The second kappa shape index (κ2) is 5.72. The highest BCUT2D eigenvalue weighted by molar-refractivity contribution is 7.89. The van der Waals surface area contributed by atoms with Crippen molar-refractivity contribution in [2.24, 2.45) is 7.05 Å². The fourth-order valence-electron chi connectivity index (χ4n) is 3.96. The number of nitrogens with zero attached hydrogens (tertiary/aromatic N) is 3. The Morgan fingerprint density at radius 3 is 2.58 bits per heavy atom. The molecule has 0 radical (unpaired) electrons. The molecule has 2 aliphatic rings. The summed E-state index contributed by atoms with van der Waals surface area (Å²) in [6.07, 6.45) is 5.22. The van der Waals surface area contributed by atoms with Gasteiger partial charge in [-0.25, -0.2) is 8.42 Å². The first kappa shape index (κ1) is 15.9. The number of sulfonamides is 1. The molecule has 1 fully saturated rings. The van der Waals surface area contributed by atoms with Gasteiger partial charge in [0.1, 0.15) is 4.90 Å². The van der Waals surface area contributed by atoms with Crippen molar-refractivity contribution in [2.75, 3.05) is 26.2 Å². The molecule has 2 aliphatic heterocycles.